The van der Waals surface area contributed by atoms with Crippen LogP contribution in [0.15, 0.2) is 51.7 Å². The number of oxazole rings is 1. The molecule has 130 valence electrons. The van der Waals surface area contributed by atoms with Crippen molar-refractivity contribution in [1.29, 1.82) is 0 Å². The van der Waals surface area contributed by atoms with Crippen molar-refractivity contribution < 1.29 is 13.6 Å². The van der Waals surface area contributed by atoms with Crippen molar-refractivity contribution >= 4 is 17.0 Å². The van der Waals surface area contributed by atoms with Gasteiger partial charge in [-0.05, 0) is 42.2 Å². The van der Waals surface area contributed by atoms with Crippen LogP contribution in [0, 0.1) is 5.82 Å². The Balaban J connectivity index is 1.50. The van der Waals surface area contributed by atoms with Crippen molar-refractivity contribution in [2.45, 2.75) is 19.3 Å². The maximum absolute atomic E-state index is 13.5. The lowest BCUT2D eigenvalue weighted by atomic mass is 10.1. The van der Waals surface area contributed by atoms with E-state index in [-0.39, 0.29) is 18.1 Å². The number of carbonyl (C=O) groups is 1. The van der Waals surface area contributed by atoms with Crippen molar-refractivity contribution in [3.05, 3.63) is 70.0 Å². The van der Waals surface area contributed by atoms with Crippen molar-refractivity contribution in [3.8, 4) is 0 Å². The number of hydrogen-bond donors (Lipinski definition) is 1. The Kier molecular flexibility index (Phi) is 4.97. The van der Waals surface area contributed by atoms with Crippen LogP contribution < -0.4 is 11.1 Å². The Morgan fingerprint density at radius 1 is 1.20 bits per heavy atom. The number of nitrogens with zero attached hydrogens (tertiary/aromatic N) is 1. The monoisotopic (exact) mass is 342 g/mol. The molecule has 25 heavy (non-hydrogen) atoms. The molecular formula is C19H19FN2O3. The van der Waals surface area contributed by atoms with E-state index in [2.05, 4.69) is 5.32 Å². The van der Waals surface area contributed by atoms with Gasteiger partial charge in [0, 0.05) is 20.0 Å². The van der Waals surface area contributed by atoms with Gasteiger partial charge in [-0.25, -0.2) is 9.18 Å². The summed E-state index contributed by atoms with van der Waals surface area (Å²) in [6.07, 6.45) is 1.24. The number of fused-ring (bicyclic) bond motifs is 1. The number of aryl methyl sites for hydroxylation is 2. The number of aromatic nitrogens is 1. The summed E-state index contributed by atoms with van der Waals surface area (Å²) in [7, 11) is 1.66. The standard InChI is InChI=1S/C19H19FN2O3/c1-22-16-8-6-13(12-17(16)25-19(22)24)10-11-21-18(23)9-7-14-4-2-3-5-15(14)20/h2-6,8,12H,7,9-11H2,1H3,(H,21,23). The summed E-state index contributed by atoms with van der Waals surface area (Å²) < 4.78 is 20.1. The molecule has 0 saturated carbocycles. The van der Waals surface area contributed by atoms with Crippen molar-refractivity contribution in [3.63, 3.8) is 0 Å². The van der Waals surface area contributed by atoms with E-state index in [0.717, 1.165) is 11.1 Å². The van der Waals surface area contributed by atoms with Gasteiger partial charge in [0.05, 0.1) is 5.52 Å². The zero-order valence-corrected chi connectivity index (χ0v) is 13.9. The van der Waals surface area contributed by atoms with Gasteiger partial charge in [-0.15, -0.1) is 0 Å². The molecule has 0 spiro atoms. The highest BCUT2D eigenvalue weighted by atomic mass is 19.1. The SMILES string of the molecule is Cn1c(=O)oc2cc(CCNC(=O)CCc3ccccc3F)ccc21. The fraction of sp³-hybridized carbons (Fsp3) is 0.263. The average molecular weight is 342 g/mol. The second kappa shape index (κ2) is 7.34. The molecule has 1 aromatic heterocycles. The predicted molar refractivity (Wildman–Crippen MR) is 92.9 cm³/mol. The Bertz CT molecular complexity index is 959. The number of rotatable bonds is 6. The molecule has 0 aliphatic heterocycles. The van der Waals surface area contributed by atoms with E-state index in [1.165, 1.54) is 10.6 Å². The average Bonchev–Trinajstić information content (AvgIpc) is 2.88. The first-order valence-electron chi connectivity index (χ1n) is 8.13. The van der Waals surface area contributed by atoms with Gasteiger partial charge in [0.2, 0.25) is 5.91 Å². The van der Waals surface area contributed by atoms with Crippen molar-refractivity contribution in [1.82, 2.24) is 9.88 Å². The summed E-state index contributed by atoms with van der Waals surface area (Å²) in [6, 6.07) is 12.0. The van der Waals surface area contributed by atoms with Gasteiger partial charge in [-0.1, -0.05) is 24.3 Å². The highest BCUT2D eigenvalue weighted by molar-refractivity contribution is 5.76. The van der Waals surface area contributed by atoms with Gasteiger partial charge in [-0.3, -0.25) is 9.36 Å². The summed E-state index contributed by atoms with van der Waals surface area (Å²) in [4.78, 5) is 23.4. The van der Waals surface area contributed by atoms with Crippen LogP contribution in [0.4, 0.5) is 4.39 Å². The third kappa shape index (κ3) is 3.96. The van der Waals surface area contributed by atoms with Crippen LogP contribution in [0.1, 0.15) is 17.5 Å². The minimum Gasteiger partial charge on any atom is -0.408 e. The second-order valence-corrected chi connectivity index (χ2v) is 5.92. The summed E-state index contributed by atoms with van der Waals surface area (Å²) in [6.45, 7) is 0.471. The molecule has 1 amide bonds. The van der Waals surface area contributed by atoms with Gasteiger partial charge in [0.25, 0.3) is 0 Å². The Morgan fingerprint density at radius 3 is 2.80 bits per heavy atom. The fourth-order valence-electron chi connectivity index (χ4n) is 2.72. The molecule has 6 heteroatoms. The molecular weight excluding hydrogens is 323 g/mol. The molecule has 0 atom stereocenters. The van der Waals surface area contributed by atoms with Crippen LogP contribution in [0.2, 0.25) is 0 Å². The molecule has 0 radical (unpaired) electrons. The number of hydrogen-bond acceptors (Lipinski definition) is 3. The number of halogens is 1. The molecule has 0 fully saturated rings. The first-order chi connectivity index (χ1) is 12.0. The van der Waals surface area contributed by atoms with E-state index < -0.39 is 5.76 Å². The molecule has 3 rings (SSSR count). The molecule has 1 heterocycles. The fourth-order valence-corrected chi connectivity index (χ4v) is 2.72. The van der Waals surface area contributed by atoms with Crippen molar-refractivity contribution in [2.75, 3.05) is 6.54 Å². The van der Waals surface area contributed by atoms with E-state index in [0.29, 0.717) is 30.5 Å². The number of amides is 1. The van der Waals surface area contributed by atoms with Crippen LogP contribution in [0.3, 0.4) is 0 Å². The highest BCUT2D eigenvalue weighted by Crippen LogP contribution is 2.14. The number of benzene rings is 2. The Labute approximate surface area is 144 Å². The van der Waals surface area contributed by atoms with E-state index in [1.807, 2.05) is 18.2 Å². The first kappa shape index (κ1) is 17.0. The maximum Gasteiger partial charge on any atom is 0.419 e. The molecule has 0 aliphatic rings. The van der Waals surface area contributed by atoms with Crippen LogP contribution in [-0.4, -0.2) is 17.0 Å². The topological polar surface area (TPSA) is 64.2 Å². The zero-order valence-electron chi connectivity index (χ0n) is 13.9. The molecule has 0 saturated heterocycles. The van der Waals surface area contributed by atoms with E-state index in [9.17, 15) is 14.0 Å². The molecule has 3 aromatic rings. The van der Waals surface area contributed by atoms with Gasteiger partial charge >= 0.3 is 5.76 Å². The first-order valence-corrected chi connectivity index (χ1v) is 8.13. The molecule has 0 aliphatic carbocycles. The quantitative estimate of drug-likeness (QED) is 0.749. The minimum absolute atomic E-state index is 0.115. The summed E-state index contributed by atoms with van der Waals surface area (Å²) in [5.74, 6) is -0.794. The predicted octanol–water partition coefficient (Wildman–Crippen LogP) is 2.56. The zero-order chi connectivity index (χ0) is 17.8. The van der Waals surface area contributed by atoms with Gasteiger partial charge in [0.15, 0.2) is 5.58 Å². The van der Waals surface area contributed by atoms with Crippen LogP contribution >= 0.6 is 0 Å². The number of carbonyl (C=O) groups excluding carboxylic acids is 1. The third-order valence-electron chi connectivity index (χ3n) is 4.17. The maximum atomic E-state index is 13.5. The van der Waals surface area contributed by atoms with Crippen LogP contribution in [-0.2, 0) is 24.7 Å². The third-order valence-corrected chi connectivity index (χ3v) is 4.17. The van der Waals surface area contributed by atoms with E-state index in [1.54, 1.807) is 25.2 Å². The molecule has 0 unspecified atom stereocenters. The van der Waals surface area contributed by atoms with Crippen LogP contribution in [0.5, 0.6) is 0 Å². The normalized spacial score (nSPS) is 11.0. The molecule has 5 nitrogen and oxygen atoms in total. The van der Waals surface area contributed by atoms with E-state index >= 15 is 0 Å². The summed E-state index contributed by atoms with van der Waals surface area (Å²) in [5, 5.41) is 2.83. The molecule has 1 N–H and O–H groups in total. The Hall–Kier alpha value is -2.89. The lowest BCUT2D eigenvalue weighted by molar-refractivity contribution is -0.121. The highest BCUT2D eigenvalue weighted by Gasteiger charge is 2.08. The van der Waals surface area contributed by atoms with Gasteiger partial charge in [0.1, 0.15) is 5.82 Å². The lowest BCUT2D eigenvalue weighted by Crippen LogP contribution is -2.25. The largest absolute Gasteiger partial charge is 0.419 e. The van der Waals surface area contributed by atoms with Gasteiger partial charge in [-0.2, -0.15) is 0 Å². The van der Waals surface area contributed by atoms with Gasteiger partial charge < -0.3 is 9.73 Å². The smallest absolute Gasteiger partial charge is 0.408 e. The number of nitrogens with one attached hydrogen (secondary N) is 1. The minimum atomic E-state index is -0.395. The molecule has 0 bridgehead atoms. The Morgan fingerprint density at radius 2 is 2.00 bits per heavy atom. The van der Waals surface area contributed by atoms with Crippen molar-refractivity contribution in [2.24, 2.45) is 7.05 Å². The summed E-state index contributed by atoms with van der Waals surface area (Å²) in [5.41, 5.74) is 2.79. The molecule has 2 aromatic carbocycles. The second-order valence-electron chi connectivity index (χ2n) is 5.92. The summed E-state index contributed by atoms with van der Waals surface area (Å²) >= 11 is 0. The van der Waals surface area contributed by atoms with Crippen LogP contribution in [0.25, 0.3) is 11.1 Å². The van der Waals surface area contributed by atoms with E-state index in [4.69, 9.17) is 4.42 Å². The lowest BCUT2D eigenvalue weighted by Gasteiger charge is -2.06.